The largest absolute Gasteiger partial charge is 0.870 e. The van der Waals surface area contributed by atoms with Gasteiger partial charge in [-0.05, 0) is 23.8 Å². The summed E-state index contributed by atoms with van der Waals surface area (Å²) in [6.07, 6.45) is 1.03. The third kappa shape index (κ3) is 2.93. The fourth-order valence-electron chi connectivity index (χ4n) is 2.44. The summed E-state index contributed by atoms with van der Waals surface area (Å²) in [6, 6.07) is 10.4. The molecule has 3 rings (SSSR count). The summed E-state index contributed by atoms with van der Waals surface area (Å²) in [6.45, 7) is 0. The van der Waals surface area contributed by atoms with E-state index in [4.69, 9.17) is 4.74 Å². The highest BCUT2D eigenvalue weighted by Gasteiger charge is 2.34. The first-order valence-electron chi connectivity index (χ1n) is 7.38. The zero-order valence-electron chi connectivity index (χ0n) is 13.5. The smallest absolute Gasteiger partial charge is 0.282 e. The second kappa shape index (κ2) is 6.55. The molecule has 1 saturated heterocycles. The predicted molar refractivity (Wildman–Crippen MR) is 89.1 cm³/mol. The lowest BCUT2D eigenvalue weighted by Crippen LogP contribution is -2.35. The summed E-state index contributed by atoms with van der Waals surface area (Å²) in [5.41, 5.74) is 1.93. The molecular formula is C17H12N3O6-. The van der Waals surface area contributed by atoms with Gasteiger partial charge in [0.25, 0.3) is 17.5 Å². The molecule has 1 fully saturated rings. The number of methoxy groups -OCH3 is 1. The molecule has 2 amide bonds. The monoisotopic (exact) mass is 354 g/mol. The van der Waals surface area contributed by atoms with Crippen LogP contribution >= 0.6 is 0 Å². The van der Waals surface area contributed by atoms with Crippen molar-refractivity contribution in [2.45, 2.75) is 0 Å². The molecule has 0 aliphatic carbocycles. The minimum Gasteiger partial charge on any atom is -0.870 e. The molecule has 1 aliphatic heterocycles. The Bertz CT molecular complexity index is 939. The molecule has 0 aromatic heterocycles. The van der Waals surface area contributed by atoms with Crippen LogP contribution in [0, 0.1) is 10.1 Å². The van der Waals surface area contributed by atoms with E-state index in [9.17, 15) is 24.8 Å². The average molecular weight is 354 g/mol. The van der Waals surface area contributed by atoms with Crippen molar-refractivity contribution in [1.29, 1.82) is 0 Å². The number of carbonyl (C=O) groups excluding carboxylic acids is 2. The maximum Gasteiger partial charge on any atom is 0.282 e. The van der Waals surface area contributed by atoms with Gasteiger partial charge in [0.2, 0.25) is 0 Å². The summed E-state index contributed by atoms with van der Waals surface area (Å²) in [5, 5.41) is 24.3. The van der Waals surface area contributed by atoms with Crippen molar-refractivity contribution in [3.63, 3.8) is 0 Å². The normalized spacial score (nSPS) is 15.3. The van der Waals surface area contributed by atoms with Crippen LogP contribution in [0.5, 0.6) is 11.5 Å². The maximum atomic E-state index is 12.5. The number of anilines is 1. The number of benzene rings is 2. The number of non-ortho nitro benzene ring substituents is 1. The molecule has 26 heavy (non-hydrogen) atoms. The molecule has 2 aromatic rings. The first-order chi connectivity index (χ1) is 12.4. The molecule has 1 heterocycles. The van der Waals surface area contributed by atoms with E-state index in [0.29, 0.717) is 5.69 Å². The third-order valence-electron chi connectivity index (χ3n) is 3.70. The lowest BCUT2D eigenvalue weighted by Gasteiger charge is -2.15. The van der Waals surface area contributed by atoms with Gasteiger partial charge in [-0.2, -0.15) is 0 Å². The SMILES string of the molecule is COc1cc([N+](=O)[O-])cc(/C=C2\C(=O)NN(c3ccccc3)C2=O)c1[O-]. The van der Waals surface area contributed by atoms with E-state index in [2.05, 4.69) is 5.43 Å². The van der Waals surface area contributed by atoms with Crippen LogP contribution < -0.4 is 20.3 Å². The van der Waals surface area contributed by atoms with Crippen LogP contribution in [-0.4, -0.2) is 23.8 Å². The van der Waals surface area contributed by atoms with Crippen molar-refractivity contribution < 1.29 is 24.4 Å². The van der Waals surface area contributed by atoms with Gasteiger partial charge in [-0.3, -0.25) is 25.1 Å². The van der Waals surface area contributed by atoms with Crippen LogP contribution in [0.15, 0.2) is 48.0 Å². The topological polar surface area (TPSA) is 125 Å². The molecule has 1 aliphatic rings. The summed E-state index contributed by atoms with van der Waals surface area (Å²) < 4.78 is 4.84. The second-order valence-electron chi connectivity index (χ2n) is 5.30. The van der Waals surface area contributed by atoms with Crippen molar-refractivity contribution in [3.8, 4) is 11.5 Å². The quantitative estimate of drug-likeness (QED) is 0.380. The van der Waals surface area contributed by atoms with Crippen molar-refractivity contribution >= 4 is 29.3 Å². The molecular weight excluding hydrogens is 342 g/mol. The summed E-state index contributed by atoms with van der Waals surface area (Å²) in [7, 11) is 1.20. The number of rotatable bonds is 4. The molecule has 9 heteroatoms. The van der Waals surface area contributed by atoms with E-state index in [1.54, 1.807) is 30.3 Å². The Morgan fingerprint density at radius 3 is 2.50 bits per heavy atom. The number of nitrogens with zero attached hydrogens (tertiary/aromatic N) is 2. The van der Waals surface area contributed by atoms with Gasteiger partial charge in [0.1, 0.15) is 11.3 Å². The Labute approximate surface area is 147 Å². The Morgan fingerprint density at radius 1 is 1.19 bits per heavy atom. The predicted octanol–water partition coefficient (Wildman–Crippen LogP) is 1.14. The lowest BCUT2D eigenvalue weighted by molar-refractivity contribution is -0.385. The molecule has 1 N–H and O–H groups in total. The maximum absolute atomic E-state index is 12.5. The van der Waals surface area contributed by atoms with Crippen LogP contribution in [0.3, 0.4) is 0 Å². The van der Waals surface area contributed by atoms with Gasteiger partial charge in [0.15, 0.2) is 0 Å². The Hall–Kier alpha value is -3.88. The number of para-hydroxylation sites is 1. The molecule has 0 spiro atoms. The second-order valence-corrected chi connectivity index (χ2v) is 5.30. The highest BCUT2D eigenvalue weighted by atomic mass is 16.6. The fraction of sp³-hybridized carbons (Fsp3) is 0.0588. The van der Waals surface area contributed by atoms with Crippen molar-refractivity contribution in [3.05, 3.63) is 63.7 Å². The Kier molecular flexibility index (Phi) is 4.27. The number of ether oxygens (including phenoxy) is 1. The van der Waals surface area contributed by atoms with E-state index in [1.807, 2.05) is 0 Å². The Morgan fingerprint density at radius 2 is 1.88 bits per heavy atom. The van der Waals surface area contributed by atoms with Gasteiger partial charge in [0, 0.05) is 6.07 Å². The molecule has 0 saturated carbocycles. The summed E-state index contributed by atoms with van der Waals surface area (Å²) >= 11 is 0. The minimum absolute atomic E-state index is 0.190. The number of nitrogens with one attached hydrogen (secondary N) is 1. The van der Waals surface area contributed by atoms with Gasteiger partial charge < -0.3 is 9.84 Å². The number of hydrogen-bond donors (Lipinski definition) is 1. The van der Waals surface area contributed by atoms with E-state index in [-0.39, 0.29) is 22.6 Å². The average Bonchev–Trinajstić information content (AvgIpc) is 2.92. The number of nitro groups is 1. The number of carbonyl (C=O) groups is 2. The highest BCUT2D eigenvalue weighted by molar-refractivity contribution is 6.31. The van der Waals surface area contributed by atoms with Crippen LogP contribution in [0.25, 0.3) is 6.08 Å². The molecule has 0 atom stereocenters. The van der Waals surface area contributed by atoms with Crippen LogP contribution in [0.1, 0.15) is 5.56 Å². The van der Waals surface area contributed by atoms with E-state index < -0.39 is 22.5 Å². The summed E-state index contributed by atoms with van der Waals surface area (Å²) in [4.78, 5) is 35.0. The lowest BCUT2D eigenvalue weighted by atomic mass is 10.1. The zero-order chi connectivity index (χ0) is 18.8. The van der Waals surface area contributed by atoms with E-state index in [1.165, 1.54) is 7.11 Å². The summed E-state index contributed by atoms with van der Waals surface area (Å²) in [5.74, 6) is -2.31. The van der Waals surface area contributed by atoms with Gasteiger partial charge in [0.05, 0.1) is 23.8 Å². The van der Waals surface area contributed by atoms with Crippen molar-refractivity contribution in [2.24, 2.45) is 0 Å². The van der Waals surface area contributed by atoms with E-state index >= 15 is 0 Å². The number of hydrazine groups is 1. The minimum atomic E-state index is -0.719. The first kappa shape index (κ1) is 17.0. The van der Waals surface area contributed by atoms with Crippen LogP contribution in [0.2, 0.25) is 0 Å². The molecule has 9 nitrogen and oxygen atoms in total. The number of amides is 2. The van der Waals surface area contributed by atoms with Gasteiger partial charge >= 0.3 is 0 Å². The first-order valence-corrected chi connectivity index (χ1v) is 7.38. The van der Waals surface area contributed by atoms with Crippen LogP contribution in [0.4, 0.5) is 11.4 Å². The zero-order valence-corrected chi connectivity index (χ0v) is 13.5. The highest BCUT2D eigenvalue weighted by Crippen LogP contribution is 2.34. The molecule has 0 bridgehead atoms. The fourth-order valence-corrected chi connectivity index (χ4v) is 2.44. The Balaban J connectivity index is 2.05. The third-order valence-corrected chi connectivity index (χ3v) is 3.70. The molecule has 0 unspecified atom stereocenters. The van der Waals surface area contributed by atoms with E-state index in [0.717, 1.165) is 23.2 Å². The van der Waals surface area contributed by atoms with Crippen LogP contribution in [-0.2, 0) is 9.59 Å². The van der Waals surface area contributed by atoms with Crippen molar-refractivity contribution in [2.75, 3.05) is 12.1 Å². The standard InChI is InChI=1S/C17H13N3O6/c1-26-14-9-12(20(24)25)7-10(15(14)21)8-13-16(22)18-19(17(13)23)11-5-3-2-4-6-11/h2-9,21H,1H3,(H,18,22)/p-1/b13-8+. The number of hydrogen-bond acceptors (Lipinski definition) is 6. The van der Waals surface area contributed by atoms with Gasteiger partial charge in [-0.25, -0.2) is 5.01 Å². The van der Waals surface area contributed by atoms with Crippen molar-refractivity contribution in [1.82, 2.24) is 5.43 Å². The number of nitro benzene ring substituents is 1. The van der Waals surface area contributed by atoms with Gasteiger partial charge in [-0.1, -0.05) is 23.9 Å². The van der Waals surface area contributed by atoms with Gasteiger partial charge in [-0.15, -0.1) is 0 Å². The molecule has 0 radical (unpaired) electrons. The molecule has 2 aromatic carbocycles. The molecule has 132 valence electrons.